The summed E-state index contributed by atoms with van der Waals surface area (Å²) < 4.78 is 22.2. The zero-order valence-corrected chi connectivity index (χ0v) is 17.4. The lowest BCUT2D eigenvalue weighted by Crippen LogP contribution is -1.92. The van der Waals surface area contributed by atoms with Crippen molar-refractivity contribution in [1.82, 2.24) is 0 Å². The molecule has 5 aromatic carbocycles. The predicted molar refractivity (Wildman–Crippen MR) is 123 cm³/mol. The van der Waals surface area contributed by atoms with Crippen molar-refractivity contribution in [3.05, 3.63) is 60.7 Å². The van der Waals surface area contributed by atoms with E-state index in [0.29, 0.717) is 11.5 Å². The molecule has 0 heterocycles. The average molecular weight is 398 g/mol. The predicted octanol–water partition coefficient (Wildman–Crippen LogP) is 6.33. The lowest BCUT2D eigenvalue weighted by molar-refractivity contribution is 0.356. The Kier molecular flexibility index (Phi) is 4.28. The van der Waals surface area contributed by atoms with Gasteiger partial charge in [-0.15, -0.1) is 0 Å². The first-order chi connectivity index (χ1) is 14.7. The average Bonchev–Trinajstić information content (AvgIpc) is 2.81. The maximum atomic E-state index is 5.60. The maximum Gasteiger partial charge on any atom is 0.161 e. The third-order valence-corrected chi connectivity index (χ3v) is 5.80. The molecule has 0 aromatic heterocycles. The quantitative estimate of drug-likeness (QED) is 0.331. The molecule has 4 heteroatoms. The Labute approximate surface area is 174 Å². The summed E-state index contributed by atoms with van der Waals surface area (Å²) in [7, 11) is 6.65. The van der Waals surface area contributed by atoms with Gasteiger partial charge in [-0.1, -0.05) is 36.4 Å². The first kappa shape index (κ1) is 18.4. The van der Waals surface area contributed by atoms with Gasteiger partial charge in [-0.05, 0) is 67.4 Å². The van der Waals surface area contributed by atoms with Crippen LogP contribution in [-0.2, 0) is 0 Å². The molecule has 0 saturated heterocycles. The van der Waals surface area contributed by atoms with Crippen molar-refractivity contribution >= 4 is 43.1 Å². The zero-order chi connectivity index (χ0) is 20.8. The molecule has 5 aromatic rings. The summed E-state index contributed by atoms with van der Waals surface area (Å²) in [6.45, 7) is 0. The third kappa shape index (κ3) is 2.61. The van der Waals surface area contributed by atoms with E-state index in [1.54, 1.807) is 28.4 Å². The van der Waals surface area contributed by atoms with Crippen LogP contribution in [0.4, 0.5) is 0 Å². The highest BCUT2D eigenvalue weighted by molar-refractivity contribution is 6.27. The van der Waals surface area contributed by atoms with Crippen LogP contribution in [-0.4, -0.2) is 28.4 Å². The molecule has 0 aliphatic heterocycles. The molecule has 0 aliphatic rings. The molecular formula is C26H22O4. The molecule has 0 amide bonds. The highest BCUT2D eigenvalue weighted by Crippen LogP contribution is 2.42. The maximum absolute atomic E-state index is 5.60. The summed E-state index contributed by atoms with van der Waals surface area (Å²) in [5, 5.41) is 9.16. The van der Waals surface area contributed by atoms with E-state index in [1.165, 1.54) is 21.5 Å². The standard InChI is InChI=1S/C26H22O4/c1-27-21-11-17-9-7-15-5-6-16-8-10-18-12-22(28-2)24(30-4)14-20(18)26(16)25(15)19(17)13-23(21)29-3/h5-14H,1-4H3. The second-order valence-corrected chi connectivity index (χ2v) is 7.25. The normalized spacial score (nSPS) is 11.3. The van der Waals surface area contributed by atoms with Crippen LogP contribution in [0.1, 0.15) is 0 Å². The second-order valence-electron chi connectivity index (χ2n) is 7.25. The van der Waals surface area contributed by atoms with Crippen LogP contribution >= 0.6 is 0 Å². The van der Waals surface area contributed by atoms with Crippen molar-refractivity contribution in [2.24, 2.45) is 0 Å². The van der Waals surface area contributed by atoms with Crippen LogP contribution in [0.3, 0.4) is 0 Å². The molecule has 0 spiro atoms. The number of methoxy groups -OCH3 is 4. The van der Waals surface area contributed by atoms with Gasteiger partial charge < -0.3 is 18.9 Å². The first-order valence-corrected chi connectivity index (χ1v) is 9.74. The minimum Gasteiger partial charge on any atom is -0.493 e. The van der Waals surface area contributed by atoms with E-state index in [1.807, 2.05) is 12.1 Å². The summed E-state index contributed by atoms with van der Waals surface area (Å²) >= 11 is 0. The van der Waals surface area contributed by atoms with Gasteiger partial charge in [0.1, 0.15) is 0 Å². The molecule has 0 fully saturated rings. The van der Waals surface area contributed by atoms with Crippen LogP contribution in [0.5, 0.6) is 23.0 Å². The highest BCUT2D eigenvalue weighted by Gasteiger charge is 2.14. The molecule has 0 unspecified atom stereocenters. The second kappa shape index (κ2) is 6.99. The van der Waals surface area contributed by atoms with E-state index >= 15 is 0 Å². The summed E-state index contributed by atoms with van der Waals surface area (Å²) in [5.41, 5.74) is 0. The first-order valence-electron chi connectivity index (χ1n) is 9.74. The van der Waals surface area contributed by atoms with Crippen molar-refractivity contribution in [3.63, 3.8) is 0 Å². The van der Waals surface area contributed by atoms with Crippen LogP contribution < -0.4 is 18.9 Å². The molecule has 0 aliphatic carbocycles. The van der Waals surface area contributed by atoms with E-state index in [-0.39, 0.29) is 0 Å². The van der Waals surface area contributed by atoms with E-state index in [9.17, 15) is 0 Å². The van der Waals surface area contributed by atoms with E-state index in [0.717, 1.165) is 33.0 Å². The number of hydrogen-bond acceptors (Lipinski definition) is 4. The van der Waals surface area contributed by atoms with Gasteiger partial charge in [0, 0.05) is 0 Å². The fourth-order valence-corrected chi connectivity index (χ4v) is 4.35. The van der Waals surface area contributed by atoms with Crippen molar-refractivity contribution in [2.75, 3.05) is 28.4 Å². The molecule has 0 radical (unpaired) electrons. The number of hydrogen-bond donors (Lipinski definition) is 0. The van der Waals surface area contributed by atoms with Gasteiger partial charge in [-0.2, -0.15) is 0 Å². The minimum atomic E-state index is 0.717. The fraction of sp³-hybridized carbons (Fsp3) is 0.154. The zero-order valence-electron chi connectivity index (χ0n) is 17.4. The third-order valence-electron chi connectivity index (χ3n) is 5.80. The van der Waals surface area contributed by atoms with Crippen molar-refractivity contribution in [1.29, 1.82) is 0 Å². The molecule has 30 heavy (non-hydrogen) atoms. The summed E-state index contributed by atoms with van der Waals surface area (Å²) in [5.74, 6) is 2.88. The van der Waals surface area contributed by atoms with Crippen LogP contribution in [0.15, 0.2) is 60.7 Å². The Morgan fingerprint density at radius 1 is 0.400 bits per heavy atom. The number of rotatable bonds is 4. The highest BCUT2D eigenvalue weighted by atomic mass is 16.5. The van der Waals surface area contributed by atoms with Crippen LogP contribution in [0.25, 0.3) is 43.1 Å². The summed E-state index contributed by atoms with van der Waals surface area (Å²) in [6, 6.07) is 21.1. The molecule has 5 rings (SSSR count). The van der Waals surface area contributed by atoms with Gasteiger partial charge in [-0.3, -0.25) is 0 Å². The molecular weight excluding hydrogens is 376 g/mol. The molecule has 150 valence electrons. The largest absolute Gasteiger partial charge is 0.493 e. The van der Waals surface area contributed by atoms with E-state index < -0.39 is 0 Å². The van der Waals surface area contributed by atoms with Gasteiger partial charge >= 0.3 is 0 Å². The SMILES string of the molecule is COc1cc2ccc3ccc4ccc5cc(OC)c(OC)cc5c4c3c2cc1OC. The summed E-state index contributed by atoms with van der Waals surface area (Å²) in [4.78, 5) is 0. The topological polar surface area (TPSA) is 36.9 Å². The van der Waals surface area contributed by atoms with Gasteiger partial charge in [-0.25, -0.2) is 0 Å². The van der Waals surface area contributed by atoms with Crippen molar-refractivity contribution in [3.8, 4) is 23.0 Å². The molecule has 4 nitrogen and oxygen atoms in total. The minimum absolute atomic E-state index is 0.717. The van der Waals surface area contributed by atoms with Crippen molar-refractivity contribution < 1.29 is 18.9 Å². The van der Waals surface area contributed by atoms with Gasteiger partial charge in [0.2, 0.25) is 0 Å². The van der Waals surface area contributed by atoms with Crippen LogP contribution in [0, 0.1) is 0 Å². The Bertz CT molecular complexity index is 1330. The number of ether oxygens (including phenoxy) is 4. The Hall–Kier alpha value is -3.66. The molecule has 0 N–H and O–H groups in total. The number of benzene rings is 5. The Balaban J connectivity index is 2.02. The lowest BCUT2D eigenvalue weighted by atomic mass is 9.92. The van der Waals surface area contributed by atoms with Crippen molar-refractivity contribution in [2.45, 2.75) is 0 Å². The van der Waals surface area contributed by atoms with Gasteiger partial charge in [0.25, 0.3) is 0 Å². The van der Waals surface area contributed by atoms with Gasteiger partial charge in [0.05, 0.1) is 28.4 Å². The number of fused-ring (bicyclic) bond motifs is 7. The lowest BCUT2D eigenvalue weighted by Gasteiger charge is -2.15. The molecule has 0 atom stereocenters. The summed E-state index contributed by atoms with van der Waals surface area (Å²) in [6.07, 6.45) is 0. The van der Waals surface area contributed by atoms with Crippen LogP contribution in [0.2, 0.25) is 0 Å². The Morgan fingerprint density at radius 3 is 1.03 bits per heavy atom. The van der Waals surface area contributed by atoms with E-state index in [2.05, 4.69) is 48.5 Å². The van der Waals surface area contributed by atoms with E-state index in [4.69, 9.17) is 18.9 Å². The monoisotopic (exact) mass is 398 g/mol. The fourth-order valence-electron chi connectivity index (χ4n) is 4.35. The van der Waals surface area contributed by atoms with Gasteiger partial charge in [0.15, 0.2) is 23.0 Å². The Morgan fingerprint density at radius 2 is 0.700 bits per heavy atom. The molecule has 0 saturated carbocycles. The smallest absolute Gasteiger partial charge is 0.161 e. The molecule has 0 bridgehead atoms.